The lowest BCUT2D eigenvalue weighted by Crippen LogP contribution is -2.39. The van der Waals surface area contributed by atoms with Crippen LogP contribution in [-0.4, -0.2) is 38.2 Å². The second kappa shape index (κ2) is 12.0. The van der Waals surface area contributed by atoms with Gasteiger partial charge in [-0.15, -0.1) is 24.0 Å². The van der Waals surface area contributed by atoms with Gasteiger partial charge < -0.3 is 15.1 Å². The minimum absolute atomic E-state index is 0. The number of oxazole rings is 1. The first kappa shape index (κ1) is 25.8. The van der Waals surface area contributed by atoms with Crippen molar-refractivity contribution in [2.45, 2.75) is 25.3 Å². The van der Waals surface area contributed by atoms with Crippen molar-refractivity contribution in [2.75, 3.05) is 18.8 Å². The molecule has 0 spiro atoms. The van der Waals surface area contributed by atoms with Crippen LogP contribution in [0.15, 0.2) is 69.1 Å². The highest BCUT2D eigenvalue weighted by atomic mass is 127. The van der Waals surface area contributed by atoms with E-state index in [4.69, 9.17) is 4.42 Å². The van der Waals surface area contributed by atoms with Crippen LogP contribution in [0.4, 0.5) is 4.39 Å². The van der Waals surface area contributed by atoms with Gasteiger partial charge in [0.1, 0.15) is 22.7 Å². The SMILES string of the molecule is CCNC(=NCc1coc(-c2ccc(C)cc2)n1)NCCS(=O)(=O)c1ccccc1F.I. The summed E-state index contributed by atoms with van der Waals surface area (Å²) in [6, 6.07) is 13.2. The fourth-order valence-electron chi connectivity index (χ4n) is 2.82. The molecule has 0 unspecified atom stereocenters. The minimum atomic E-state index is -3.75. The number of guanidine groups is 1. The molecule has 0 saturated heterocycles. The first-order valence-electron chi connectivity index (χ1n) is 9.90. The highest BCUT2D eigenvalue weighted by Gasteiger charge is 2.18. The molecule has 2 aromatic carbocycles. The van der Waals surface area contributed by atoms with Crippen molar-refractivity contribution < 1.29 is 17.2 Å². The fourth-order valence-corrected chi connectivity index (χ4v) is 4.06. The van der Waals surface area contributed by atoms with Gasteiger partial charge in [-0.2, -0.15) is 0 Å². The van der Waals surface area contributed by atoms with Gasteiger partial charge in [0.15, 0.2) is 15.8 Å². The summed E-state index contributed by atoms with van der Waals surface area (Å²) in [6.07, 6.45) is 1.55. The summed E-state index contributed by atoms with van der Waals surface area (Å²) >= 11 is 0. The smallest absolute Gasteiger partial charge is 0.226 e. The number of hydrogen-bond acceptors (Lipinski definition) is 5. The van der Waals surface area contributed by atoms with Gasteiger partial charge in [0.05, 0.1) is 12.3 Å². The Morgan fingerprint density at radius 3 is 2.53 bits per heavy atom. The van der Waals surface area contributed by atoms with E-state index in [1.54, 1.807) is 6.26 Å². The van der Waals surface area contributed by atoms with Gasteiger partial charge in [0.25, 0.3) is 0 Å². The lowest BCUT2D eigenvalue weighted by atomic mass is 10.1. The summed E-state index contributed by atoms with van der Waals surface area (Å²) in [7, 11) is -3.75. The number of nitrogens with one attached hydrogen (secondary N) is 2. The average molecular weight is 572 g/mol. The molecule has 0 amide bonds. The Kier molecular flexibility index (Phi) is 9.63. The molecule has 0 aliphatic heterocycles. The van der Waals surface area contributed by atoms with E-state index in [2.05, 4.69) is 20.6 Å². The van der Waals surface area contributed by atoms with E-state index < -0.39 is 15.7 Å². The number of sulfone groups is 1. The summed E-state index contributed by atoms with van der Waals surface area (Å²) in [6.45, 7) is 4.84. The third-order valence-corrected chi connectivity index (χ3v) is 6.17. The Bertz CT molecular complexity index is 1150. The lowest BCUT2D eigenvalue weighted by Gasteiger charge is -2.11. The molecular formula is C22H26FIN4O3S. The molecular weight excluding hydrogens is 546 g/mol. The molecule has 0 aliphatic rings. The van der Waals surface area contributed by atoms with Crippen LogP contribution in [0.5, 0.6) is 0 Å². The largest absolute Gasteiger partial charge is 0.444 e. The Morgan fingerprint density at radius 2 is 1.84 bits per heavy atom. The molecule has 172 valence electrons. The van der Waals surface area contributed by atoms with E-state index in [1.165, 1.54) is 18.2 Å². The number of aryl methyl sites for hydroxylation is 1. The number of aliphatic imine (C=N–C) groups is 1. The molecule has 3 rings (SSSR count). The monoisotopic (exact) mass is 572 g/mol. The number of aromatic nitrogens is 1. The molecule has 1 aromatic heterocycles. The van der Waals surface area contributed by atoms with Crippen LogP contribution in [0.3, 0.4) is 0 Å². The molecule has 0 aliphatic carbocycles. The molecule has 1 heterocycles. The summed E-state index contributed by atoms with van der Waals surface area (Å²) in [4.78, 5) is 8.56. The molecule has 32 heavy (non-hydrogen) atoms. The number of hydrogen-bond donors (Lipinski definition) is 2. The van der Waals surface area contributed by atoms with Crippen molar-refractivity contribution in [3.63, 3.8) is 0 Å². The van der Waals surface area contributed by atoms with Crippen molar-refractivity contribution in [1.82, 2.24) is 15.6 Å². The van der Waals surface area contributed by atoms with Crippen LogP contribution in [-0.2, 0) is 16.4 Å². The molecule has 2 N–H and O–H groups in total. The predicted molar refractivity (Wildman–Crippen MR) is 133 cm³/mol. The van der Waals surface area contributed by atoms with Gasteiger partial charge in [-0.3, -0.25) is 0 Å². The molecule has 10 heteroatoms. The van der Waals surface area contributed by atoms with Gasteiger partial charge in [0.2, 0.25) is 5.89 Å². The van der Waals surface area contributed by atoms with Crippen molar-refractivity contribution in [3.8, 4) is 11.5 Å². The highest BCUT2D eigenvalue weighted by molar-refractivity contribution is 14.0. The summed E-state index contributed by atoms with van der Waals surface area (Å²) in [5, 5.41) is 6.01. The van der Waals surface area contributed by atoms with E-state index in [1.807, 2.05) is 38.1 Å². The van der Waals surface area contributed by atoms with Gasteiger partial charge in [-0.25, -0.2) is 22.8 Å². The number of halogens is 2. The standard InChI is InChI=1S/C22H25FN4O3S.HI/c1-3-24-22(25-12-13-31(28,29)20-7-5-4-6-19(20)23)26-14-18-15-30-21(27-18)17-10-8-16(2)9-11-17;/h4-11,15H,3,12-14H2,1-2H3,(H2,24,25,26);1H. The van der Waals surface area contributed by atoms with Gasteiger partial charge in [0, 0.05) is 18.7 Å². The van der Waals surface area contributed by atoms with Crippen molar-refractivity contribution in [2.24, 2.45) is 4.99 Å². The summed E-state index contributed by atoms with van der Waals surface area (Å²) in [5.41, 5.74) is 2.68. The summed E-state index contributed by atoms with van der Waals surface area (Å²) in [5.74, 6) is -0.0661. The maximum Gasteiger partial charge on any atom is 0.226 e. The summed E-state index contributed by atoms with van der Waals surface area (Å²) < 4.78 is 44.1. The lowest BCUT2D eigenvalue weighted by molar-refractivity contribution is 0.566. The Labute approximate surface area is 204 Å². The van der Waals surface area contributed by atoms with Crippen molar-refractivity contribution in [3.05, 3.63) is 71.9 Å². The van der Waals surface area contributed by atoms with Crippen LogP contribution < -0.4 is 10.6 Å². The van der Waals surface area contributed by atoms with Gasteiger partial charge in [-0.1, -0.05) is 29.8 Å². The van der Waals surface area contributed by atoms with Crippen LogP contribution in [0.2, 0.25) is 0 Å². The maximum atomic E-state index is 13.8. The van der Waals surface area contributed by atoms with Crippen LogP contribution >= 0.6 is 24.0 Å². The average Bonchev–Trinajstić information content (AvgIpc) is 3.21. The maximum absolute atomic E-state index is 13.8. The first-order valence-corrected chi connectivity index (χ1v) is 11.5. The molecule has 0 bridgehead atoms. The highest BCUT2D eigenvalue weighted by Crippen LogP contribution is 2.19. The Morgan fingerprint density at radius 1 is 1.12 bits per heavy atom. The van der Waals surface area contributed by atoms with Crippen molar-refractivity contribution >= 4 is 39.8 Å². The quantitative estimate of drug-likeness (QED) is 0.241. The second-order valence-electron chi connectivity index (χ2n) is 6.88. The molecule has 0 saturated carbocycles. The van der Waals surface area contributed by atoms with E-state index in [9.17, 15) is 12.8 Å². The zero-order valence-corrected chi connectivity index (χ0v) is 21.0. The van der Waals surface area contributed by atoms with Crippen molar-refractivity contribution in [1.29, 1.82) is 0 Å². The van der Waals surface area contributed by atoms with E-state index >= 15 is 0 Å². The molecule has 0 atom stereocenters. The topological polar surface area (TPSA) is 96.6 Å². The van der Waals surface area contributed by atoms with Crippen LogP contribution in [0.1, 0.15) is 18.2 Å². The number of benzene rings is 2. The second-order valence-corrected chi connectivity index (χ2v) is 8.96. The van der Waals surface area contributed by atoms with E-state index in [0.717, 1.165) is 17.2 Å². The molecule has 0 radical (unpaired) electrons. The molecule has 7 nitrogen and oxygen atoms in total. The van der Waals surface area contributed by atoms with E-state index in [-0.39, 0.29) is 47.7 Å². The molecule has 3 aromatic rings. The zero-order chi connectivity index (χ0) is 22.3. The predicted octanol–water partition coefficient (Wildman–Crippen LogP) is 3.94. The third-order valence-electron chi connectivity index (χ3n) is 4.43. The Balaban J connectivity index is 0.00000363. The van der Waals surface area contributed by atoms with Crippen LogP contribution in [0, 0.1) is 12.7 Å². The zero-order valence-electron chi connectivity index (χ0n) is 17.8. The van der Waals surface area contributed by atoms with Gasteiger partial charge in [-0.05, 0) is 38.1 Å². The normalized spacial score (nSPS) is 11.7. The fraction of sp³-hybridized carbons (Fsp3) is 0.273. The number of rotatable bonds is 8. The van der Waals surface area contributed by atoms with Crippen LogP contribution in [0.25, 0.3) is 11.5 Å². The minimum Gasteiger partial charge on any atom is -0.444 e. The number of nitrogens with zero attached hydrogens (tertiary/aromatic N) is 2. The van der Waals surface area contributed by atoms with Gasteiger partial charge >= 0.3 is 0 Å². The first-order chi connectivity index (χ1) is 14.9. The Hall–Kier alpha value is -2.47. The van der Waals surface area contributed by atoms with E-state index in [0.29, 0.717) is 24.1 Å². The molecule has 0 fully saturated rings. The third kappa shape index (κ3) is 7.02.